The molecule has 0 aliphatic carbocycles. The summed E-state index contributed by atoms with van der Waals surface area (Å²) in [6.45, 7) is 4.04. The number of methoxy groups -OCH3 is 1. The molecule has 0 fully saturated rings. The van der Waals surface area contributed by atoms with Gasteiger partial charge in [-0.3, -0.25) is 9.89 Å². The first kappa shape index (κ1) is 15.9. The van der Waals surface area contributed by atoms with Gasteiger partial charge < -0.3 is 10.1 Å². The lowest BCUT2D eigenvalue weighted by Gasteiger charge is -2.13. The number of aromatic amines is 1. The monoisotopic (exact) mass is 329 g/mol. The Labute approximate surface area is 138 Å². The zero-order valence-electron chi connectivity index (χ0n) is 13.8. The zero-order chi connectivity index (χ0) is 17.1. The van der Waals surface area contributed by atoms with Crippen molar-refractivity contribution in [3.8, 4) is 0 Å². The second kappa shape index (κ2) is 6.65. The number of anilines is 1. The SMILES string of the molecule is COC(=O)Cn1ncc2c(NC(C)Cc3cc(C)[nH]n3)ncnc21. The predicted octanol–water partition coefficient (Wildman–Crippen LogP) is 1.07. The number of hydrogen-bond donors (Lipinski definition) is 2. The lowest BCUT2D eigenvalue weighted by atomic mass is 10.1. The highest BCUT2D eigenvalue weighted by molar-refractivity contribution is 5.87. The average Bonchev–Trinajstić information content (AvgIpc) is 3.14. The van der Waals surface area contributed by atoms with E-state index in [0.717, 1.165) is 23.2 Å². The molecule has 1 unspecified atom stereocenters. The van der Waals surface area contributed by atoms with Gasteiger partial charge in [0.05, 0.1) is 24.4 Å². The highest BCUT2D eigenvalue weighted by Gasteiger charge is 2.14. The Bertz CT molecular complexity index is 855. The fourth-order valence-electron chi connectivity index (χ4n) is 2.49. The third-order valence-electron chi connectivity index (χ3n) is 3.60. The number of fused-ring (bicyclic) bond motifs is 1. The molecule has 24 heavy (non-hydrogen) atoms. The zero-order valence-corrected chi connectivity index (χ0v) is 13.8. The number of carbonyl (C=O) groups is 1. The van der Waals surface area contributed by atoms with Gasteiger partial charge in [-0.1, -0.05) is 0 Å². The number of nitrogens with one attached hydrogen (secondary N) is 2. The van der Waals surface area contributed by atoms with Crippen molar-refractivity contribution in [3.63, 3.8) is 0 Å². The van der Waals surface area contributed by atoms with Crippen LogP contribution in [-0.4, -0.2) is 49.1 Å². The van der Waals surface area contributed by atoms with Crippen molar-refractivity contribution in [1.82, 2.24) is 29.9 Å². The Morgan fingerprint density at radius 1 is 1.46 bits per heavy atom. The number of aromatic nitrogens is 6. The molecule has 0 saturated heterocycles. The van der Waals surface area contributed by atoms with Gasteiger partial charge in [-0.25, -0.2) is 14.6 Å². The minimum absolute atomic E-state index is 0.0125. The number of nitrogens with zero attached hydrogens (tertiary/aromatic N) is 5. The fourth-order valence-corrected chi connectivity index (χ4v) is 2.49. The van der Waals surface area contributed by atoms with Crippen LogP contribution in [0.2, 0.25) is 0 Å². The van der Waals surface area contributed by atoms with Gasteiger partial charge in [-0.15, -0.1) is 0 Å². The van der Waals surface area contributed by atoms with E-state index in [0.29, 0.717) is 11.5 Å². The molecule has 0 radical (unpaired) electrons. The van der Waals surface area contributed by atoms with Crippen molar-refractivity contribution < 1.29 is 9.53 Å². The number of hydrogen-bond acceptors (Lipinski definition) is 7. The van der Waals surface area contributed by atoms with Crippen LogP contribution in [0, 0.1) is 6.92 Å². The quantitative estimate of drug-likeness (QED) is 0.651. The van der Waals surface area contributed by atoms with Crippen LogP contribution >= 0.6 is 0 Å². The van der Waals surface area contributed by atoms with Gasteiger partial charge in [0.1, 0.15) is 18.7 Å². The van der Waals surface area contributed by atoms with Crippen LogP contribution in [0.4, 0.5) is 5.82 Å². The molecule has 3 heterocycles. The molecule has 0 aliphatic heterocycles. The molecule has 3 aromatic heterocycles. The molecule has 0 spiro atoms. The highest BCUT2D eigenvalue weighted by atomic mass is 16.5. The first-order valence-electron chi connectivity index (χ1n) is 7.57. The summed E-state index contributed by atoms with van der Waals surface area (Å²) in [6.07, 6.45) is 3.85. The maximum absolute atomic E-state index is 11.4. The molecular formula is C15H19N7O2. The smallest absolute Gasteiger partial charge is 0.327 e. The number of rotatable bonds is 6. The van der Waals surface area contributed by atoms with E-state index in [9.17, 15) is 4.79 Å². The molecule has 0 saturated carbocycles. The summed E-state index contributed by atoms with van der Waals surface area (Å²) < 4.78 is 6.16. The number of H-pyrrole nitrogens is 1. The molecule has 126 valence electrons. The minimum Gasteiger partial charge on any atom is -0.468 e. The van der Waals surface area contributed by atoms with E-state index in [1.165, 1.54) is 18.1 Å². The molecule has 1 atom stereocenters. The summed E-state index contributed by atoms with van der Waals surface area (Å²) >= 11 is 0. The van der Waals surface area contributed by atoms with Crippen LogP contribution in [0.5, 0.6) is 0 Å². The van der Waals surface area contributed by atoms with E-state index in [1.54, 1.807) is 6.20 Å². The summed E-state index contributed by atoms with van der Waals surface area (Å²) in [5.41, 5.74) is 2.60. The molecule has 2 N–H and O–H groups in total. The molecule has 0 aromatic carbocycles. The van der Waals surface area contributed by atoms with Crippen molar-refractivity contribution in [2.24, 2.45) is 0 Å². The van der Waals surface area contributed by atoms with Gasteiger partial charge in [-0.2, -0.15) is 10.2 Å². The maximum Gasteiger partial charge on any atom is 0.327 e. The fraction of sp³-hybridized carbons (Fsp3) is 0.400. The summed E-state index contributed by atoms with van der Waals surface area (Å²) in [7, 11) is 1.34. The van der Waals surface area contributed by atoms with Crippen LogP contribution in [0.3, 0.4) is 0 Å². The Morgan fingerprint density at radius 2 is 2.29 bits per heavy atom. The lowest BCUT2D eigenvalue weighted by Crippen LogP contribution is -2.19. The van der Waals surface area contributed by atoms with Crippen LogP contribution in [0.25, 0.3) is 11.0 Å². The molecule has 3 aromatic rings. The predicted molar refractivity (Wildman–Crippen MR) is 87.5 cm³/mol. The van der Waals surface area contributed by atoms with Gasteiger partial charge in [0, 0.05) is 18.2 Å². The van der Waals surface area contributed by atoms with Crippen molar-refractivity contribution >= 4 is 22.8 Å². The average molecular weight is 329 g/mol. The number of esters is 1. The van der Waals surface area contributed by atoms with Crippen molar-refractivity contribution in [3.05, 3.63) is 30.0 Å². The van der Waals surface area contributed by atoms with Gasteiger partial charge in [-0.05, 0) is 19.9 Å². The van der Waals surface area contributed by atoms with E-state index < -0.39 is 0 Å². The summed E-state index contributed by atoms with van der Waals surface area (Å²) in [5, 5.41) is 15.5. The maximum atomic E-state index is 11.4. The molecule has 9 nitrogen and oxygen atoms in total. The summed E-state index contributed by atoms with van der Waals surface area (Å²) in [6, 6.07) is 2.14. The second-order valence-electron chi connectivity index (χ2n) is 5.63. The van der Waals surface area contributed by atoms with E-state index in [-0.39, 0.29) is 18.6 Å². The minimum atomic E-state index is -0.379. The Hall–Kier alpha value is -2.97. The largest absolute Gasteiger partial charge is 0.468 e. The van der Waals surface area contributed by atoms with Crippen molar-refractivity contribution in [1.29, 1.82) is 0 Å². The van der Waals surface area contributed by atoms with E-state index in [1.807, 2.05) is 13.0 Å². The lowest BCUT2D eigenvalue weighted by molar-refractivity contribution is -0.141. The second-order valence-corrected chi connectivity index (χ2v) is 5.63. The van der Waals surface area contributed by atoms with Gasteiger partial charge in [0.15, 0.2) is 5.65 Å². The van der Waals surface area contributed by atoms with Crippen LogP contribution in [-0.2, 0) is 22.5 Å². The van der Waals surface area contributed by atoms with Gasteiger partial charge >= 0.3 is 5.97 Å². The topological polar surface area (TPSA) is 111 Å². The summed E-state index contributed by atoms with van der Waals surface area (Å²) in [5.74, 6) is 0.297. The first-order chi connectivity index (χ1) is 11.6. The molecule has 0 bridgehead atoms. The van der Waals surface area contributed by atoms with Gasteiger partial charge in [0.2, 0.25) is 0 Å². The van der Waals surface area contributed by atoms with Crippen LogP contribution in [0.1, 0.15) is 18.3 Å². The van der Waals surface area contributed by atoms with Crippen molar-refractivity contribution in [2.45, 2.75) is 32.9 Å². The standard InChI is InChI=1S/C15H19N7O2/c1-9(4-11-5-10(2)20-21-11)19-14-12-6-18-22(7-13(23)24-3)15(12)17-8-16-14/h5-6,8-9H,4,7H2,1-3H3,(H,20,21)(H,16,17,19). The normalized spacial score (nSPS) is 12.3. The number of aryl methyl sites for hydroxylation is 1. The highest BCUT2D eigenvalue weighted by Crippen LogP contribution is 2.20. The van der Waals surface area contributed by atoms with E-state index in [2.05, 4.69) is 42.2 Å². The third-order valence-corrected chi connectivity index (χ3v) is 3.60. The van der Waals surface area contributed by atoms with Crippen LogP contribution in [0.15, 0.2) is 18.6 Å². The number of carbonyl (C=O) groups excluding carboxylic acids is 1. The Balaban J connectivity index is 1.78. The summed E-state index contributed by atoms with van der Waals surface area (Å²) in [4.78, 5) is 19.9. The van der Waals surface area contributed by atoms with Crippen LogP contribution < -0.4 is 5.32 Å². The van der Waals surface area contributed by atoms with E-state index >= 15 is 0 Å². The Kier molecular flexibility index (Phi) is 4.41. The Morgan fingerprint density at radius 3 is 3.00 bits per heavy atom. The molecule has 9 heteroatoms. The van der Waals surface area contributed by atoms with E-state index in [4.69, 9.17) is 0 Å². The first-order valence-corrected chi connectivity index (χ1v) is 7.57. The van der Waals surface area contributed by atoms with Crippen molar-refractivity contribution in [2.75, 3.05) is 12.4 Å². The van der Waals surface area contributed by atoms with Gasteiger partial charge in [0.25, 0.3) is 0 Å². The molecular weight excluding hydrogens is 310 g/mol. The molecule has 3 rings (SSSR count). The number of ether oxygens (including phenoxy) is 1. The molecule has 0 amide bonds. The molecule has 0 aliphatic rings. The third kappa shape index (κ3) is 3.34.